The van der Waals surface area contributed by atoms with E-state index in [0.29, 0.717) is 19.3 Å². The van der Waals surface area contributed by atoms with Gasteiger partial charge in [0.05, 0.1) is 13.2 Å². The fourth-order valence-electron chi connectivity index (χ4n) is 5.71. The molecule has 1 aromatic rings. The van der Waals surface area contributed by atoms with E-state index in [0.717, 1.165) is 5.56 Å². The largest absolute Gasteiger partial charge is 0.464 e. The maximum Gasteiger partial charge on any atom is 0.334 e. The number of likely N-dealkylation sites (N-methyl/N-ethyl adjacent to an activating group) is 3. The fourth-order valence-corrected chi connectivity index (χ4v) is 5.71. The molecule has 14 nitrogen and oxygen atoms in total. The number of carbonyl (C=O) groups excluding carboxylic acids is 7. The maximum atomic E-state index is 14.0. The zero-order valence-electron chi connectivity index (χ0n) is 33.0. The van der Waals surface area contributed by atoms with Crippen molar-refractivity contribution in [3.8, 4) is 0 Å². The van der Waals surface area contributed by atoms with E-state index in [-0.39, 0.29) is 36.9 Å². The number of allylic oxidation sites excluding steroid dienone is 1. The second-order valence-electron chi connectivity index (χ2n) is 14.4. The first-order valence-corrected chi connectivity index (χ1v) is 18.4. The predicted octanol–water partition coefficient (Wildman–Crippen LogP) is 2.64. The SMILES string of the molecule is CCC(C)C1NC(=O)CN(C)C(=O)[C@@H](Cc2ccccc2)N(C)C(=O)[C@H](C)NC(=O)[C@@H](CC(C)C)OC(=O)/C(C)=C/CCCOC(=O)[C@@H](C)N(C)C1=O. The number of carbonyl (C=O) groups is 7. The summed E-state index contributed by atoms with van der Waals surface area (Å²) in [6, 6.07) is 4.93. The smallest absolute Gasteiger partial charge is 0.334 e. The average molecular weight is 742 g/mol. The van der Waals surface area contributed by atoms with Crippen LogP contribution in [0.2, 0.25) is 0 Å². The van der Waals surface area contributed by atoms with Crippen LogP contribution in [-0.2, 0) is 49.5 Å². The summed E-state index contributed by atoms with van der Waals surface area (Å²) in [7, 11) is 4.35. The van der Waals surface area contributed by atoms with Crippen molar-refractivity contribution in [3.63, 3.8) is 0 Å². The number of nitrogens with zero attached hydrogens (tertiary/aromatic N) is 3. The minimum absolute atomic E-state index is 0.0277. The molecule has 6 atom stereocenters. The summed E-state index contributed by atoms with van der Waals surface area (Å²) in [6.07, 6.45) is 2.05. The average Bonchev–Trinajstić information content (AvgIpc) is 3.12. The molecule has 0 saturated heterocycles. The molecule has 2 rings (SSSR count). The van der Waals surface area contributed by atoms with Gasteiger partial charge in [-0.1, -0.05) is 70.5 Å². The Morgan fingerprint density at radius 3 is 2.11 bits per heavy atom. The van der Waals surface area contributed by atoms with Crippen LogP contribution in [0.25, 0.3) is 0 Å². The number of hydrogen-bond acceptors (Lipinski definition) is 9. The van der Waals surface area contributed by atoms with E-state index in [2.05, 4.69) is 10.6 Å². The minimum Gasteiger partial charge on any atom is -0.464 e. The van der Waals surface area contributed by atoms with E-state index >= 15 is 0 Å². The van der Waals surface area contributed by atoms with E-state index in [4.69, 9.17) is 9.47 Å². The maximum absolute atomic E-state index is 14.0. The molecule has 14 heteroatoms. The molecule has 0 aliphatic carbocycles. The van der Waals surface area contributed by atoms with Crippen molar-refractivity contribution >= 4 is 41.5 Å². The van der Waals surface area contributed by atoms with Gasteiger partial charge in [-0.05, 0) is 57.4 Å². The molecule has 0 saturated carbocycles. The van der Waals surface area contributed by atoms with Crippen molar-refractivity contribution in [1.82, 2.24) is 25.3 Å². The first kappa shape index (κ1) is 44.4. The van der Waals surface area contributed by atoms with Crippen molar-refractivity contribution in [2.24, 2.45) is 11.8 Å². The molecule has 0 spiro atoms. The molecule has 0 bridgehead atoms. The molecule has 0 fully saturated rings. The van der Waals surface area contributed by atoms with Gasteiger partial charge in [-0.25, -0.2) is 9.59 Å². The monoisotopic (exact) mass is 741 g/mol. The third kappa shape index (κ3) is 13.3. The number of rotatable bonds is 6. The molecule has 1 aliphatic rings. The molecule has 1 heterocycles. The van der Waals surface area contributed by atoms with E-state index < -0.39 is 78.3 Å². The Bertz CT molecular complexity index is 1480. The van der Waals surface area contributed by atoms with Crippen LogP contribution in [-0.4, -0.2) is 121 Å². The zero-order valence-corrected chi connectivity index (χ0v) is 33.0. The second kappa shape index (κ2) is 21.1. The standard InChI is InChI=1S/C39H59N5O9/c1-11-25(4)33-37(49)43(9)28(7)39(51)52-20-16-15-17-26(5)38(50)53-31(21-24(2)3)34(46)40-27(6)35(47)44(10)30(22-29-18-13-12-14-19-29)36(48)42(8)23-32(45)41-33/h12-14,17-19,24-25,27-28,30-31,33H,11,15-16,20-23H2,1-10H3,(H,40,46)(H,41,45)/b26-17+/t25?,27-,28+,30+,31+,33?/m0/s1. The summed E-state index contributed by atoms with van der Waals surface area (Å²) in [5.41, 5.74) is 1.02. The molecule has 1 aliphatic heterocycles. The lowest BCUT2D eigenvalue weighted by molar-refractivity contribution is -0.154. The van der Waals surface area contributed by atoms with Gasteiger partial charge in [0, 0.05) is 33.1 Å². The molecule has 294 valence electrons. The number of hydrogen-bond donors (Lipinski definition) is 2. The van der Waals surface area contributed by atoms with Gasteiger partial charge in [0.2, 0.25) is 23.6 Å². The summed E-state index contributed by atoms with van der Waals surface area (Å²) in [4.78, 5) is 98.0. The lowest BCUT2D eigenvalue weighted by atomic mass is 9.97. The van der Waals surface area contributed by atoms with Gasteiger partial charge in [-0.15, -0.1) is 0 Å². The highest BCUT2D eigenvalue weighted by Crippen LogP contribution is 2.17. The summed E-state index contributed by atoms with van der Waals surface area (Å²) < 4.78 is 11.0. The van der Waals surface area contributed by atoms with Crippen LogP contribution < -0.4 is 10.6 Å². The van der Waals surface area contributed by atoms with Gasteiger partial charge in [0.15, 0.2) is 6.10 Å². The van der Waals surface area contributed by atoms with Crippen molar-refractivity contribution < 1.29 is 43.0 Å². The van der Waals surface area contributed by atoms with Gasteiger partial charge in [-0.3, -0.25) is 24.0 Å². The Morgan fingerprint density at radius 1 is 0.868 bits per heavy atom. The molecule has 0 aromatic heterocycles. The number of cyclic esters (lactones) is 2. The highest BCUT2D eigenvalue weighted by Gasteiger charge is 2.36. The quantitative estimate of drug-likeness (QED) is 0.416. The minimum atomic E-state index is -1.19. The molecule has 5 amide bonds. The number of amides is 5. The highest BCUT2D eigenvalue weighted by molar-refractivity contribution is 5.96. The number of ether oxygens (including phenoxy) is 2. The summed E-state index contributed by atoms with van der Waals surface area (Å²) in [5, 5.41) is 5.42. The van der Waals surface area contributed by atoms with Crippen LogP contribution in [0.3, 0.4) is 0 Å². The van der Waals surface area contributed by atoms with Crippen molar-refractivity contribution in [1.29, 1.82) is 0 Å². The Balaban J connectivity index is 2.52. The molecule has 1 aromatic carbocycles. The Labute approximate surface area is 314 Å². The van der Waals surface area contributed by atoms with Crippen LogP contribution in [0.5, 0.6) is 0 Å². The number of nitrogens with one attached hydrogen (secondary N) is 2. The topological polar surface area (TPSA) is 172 Å². The van der Waals surface area contributed by atoms with Gasteiger partial charge in [0.1, 0.15) is 24.2 Å². The van der Waals surface area contributed by atoms with Crippen LogP contribution >= 0.6 is 0 Å². The van der Waals surface area contributed by atoms with Gasteiger partial charge >= 0.3 is 11.9 Å². The lowest BCUT2D eigenvalue weighted by Crippen LogP contribution is -2.57. The number of esters is 2. The van der Waals surface area contributed by atoms with Crippen LogP contribution in [0.15, 0.2) is 42.0 Å². The predicted molar refractivity (Wildman–Crippen MR) is 199 cm³/mol. The summed E-state index contributed by atoms with van der Waals surface area (Å²) in [5.74, 6) is -4.54. The fraction of sp³-hybridized carbons (Fsp3) is 0.615. The van der Waals surface area contributed by atoms with Crippen LogP contribution in [0.4, 0.5) is 0 Å². The summed E-state index contributed by atoms with van der Waals surface area (Å²) in [6.45, 7) is 11.6. The van der Waals surface area contributed by atoms with Crippen molar-refractivity contribution in [2.45, 2.75) is 111 Å². The normalized spacial score (nSPS) is 26.1. The molecular weight excluding hydrogens is 682 g/mol. The Morgan fingerprint density at radius 2 is 1.51 bits per heavy atom. The first-order valence-electron chi connectivity index (χ1n) is 18.4. The van der Waals surface area contributed by atoms with Gasteiger partial charge in [-0.2, -0.15) is 0 Å². The first-order chi connectivity index (χ1) is 24.9. The Hall–Kier alpha value is -4.75. The van der Waals surface area contributed by atoms with E-state index in [9.17, 15) is 33.6 Å². The molecule has 2 unspecified atom stereocenters. The third-order valence-corrected chi connectivity index (χ3v) is 9.52. The van der Waals surface area contributed by atoms with Gasteiger partial charge in [0.25, 0.3) is 5.91 Å². The Kier molecular flexibility index (Phi) is 17.7. The lowest BCUT2D eigenvalue weighted by Gasteiger charge is -2.33. The molecule has 0 radical (unpaired) electrons. The van der Waals surface area contributed by atoms with Gasteiger partial charge < -0.3 is 34.8 Å². The highest BCUT2D eigenvalue weighted by atomic mass is 16.5. The molecule has 53 heavy (non-hydrogen) atoms. The molecular formula is C39H59N5O9. The van der Waals surface area contributed by atoms with E-state index in [1.54, 1.807) is 32.1 Å². The van der Waals surface area contributed by atoms with Crippen LogP contribution in [0.1, 0.15) is 79.7 Å². The van der Waals surface area contributed by atoms with E-state index in [1.807, 2.05) is 39.0 Å². The van der Waals surface area contributed by atoms with Crippen molar-refractivity contribution in [2.75, 3.05) is 34.3 Å². The van der Waals surface area contributed by atoms with E-state index in [1.165, 1.54) is 49.7 Å². The second-order valence-corrected chi connectivity index (χ2v) is 14.4. The van der Waals surface area contributed by atoms with Crippen LogP contribution in [0, 0.1) is 11.8 Å². The molecule has 2 N–H and O–H groups in total. The summed E-state index contributed by atoms with van der Waals surface area (Å²) >= 11 is 0. The van der Waals surface area contributed by atoms with Crippen molar-refractivity contribution in [3.05, 3.63) is 47.5 Å². The zero-order chi connectivity index (χ0) is 40.0. The number of benzene rings is 1. The third-order valence-electron chi connectivity index (χ3n) is 9.52.